The molecule has 0 aromatic rings. The van der Waals surface area contributed by atoms with Gasteiger partial charge in [0, 0.05) is 13.0 Å². The molecule has 0 aliphatic carbocycles. The van der Waals surface area contributed by atoms with Crippen LogP contribution in [0, 0.1) is 11.3 Å². The number of amides is 1. The van der Waals surface area contributed by atoms with Crippen molar-refractivity contribution in [1.82, 2.24) is 4.90 Å². The molecule has 0 saturated carbocycles. The van der Waals surface area contributed by atoms with E-state index in [-0.39, 0.29) is 11.3 Å². The molecule has 0 aromatic heterocycles. The fourth-order valence-corrected chi connectivity index (χ4v) is 3.14. The maximum Gasteiger partial charge on any atom is 0.326 e. The molecule has 5 nitrogen and oxygen atoms in total. The Kier molecular flexibility index (Phi) is 6.65. The third kappa shape index (κ3) is 5.30. The largest absolute Gasteiger partial charge is 0.480 e. The number of rotatable bonds is 6. The molecular weight excluding hydrogens is 268 g/mol. The molecule has 5 heteroatoms. The van der Waals surface area contributed by atoms with Crippen molar-refractivity contribution in [3.8, 4) is 0 Å². The topological polar surface area (TPSA) is 83.6 Å². The molecule has 1 heterocycles. The fourth-order valence-electron chi connectivity index (χ4n) is 3.14. The van der Waals surface area contributed by atoms with Crippen molar-refractivity contribution < 1.29 is 14.7 Å². The highest BCUT2D eigenvalue weighted by molar-refractivity contribution is 5.83. The number of carboxylic acids is 1. The van der Waals surface area contributed by atoms with E-state index >= 15 is 0 Å². The van der Waals surface area contributed by atoms with Gasteiger partial charge >= 0.3 is 5.97 Å². The smallest absolute Gasteiger partial charge is 0.326 e. The van der Waals surface area contributed by atoms with E-state index in [1.54, 1.807) is 4.90 Å². The number of hydrogen-bond donors (Lipinski definition) is 2. The Morgan fingerprint density at radius 3 is 2.48 bits per heavy atom. The summed E-state index contributed by atoms with van der Waals surface area (Å²) < 4.78 is 0. The molecule has 1 aliphatic heterocycles. The number of nitrogens with two attached hydrogens (primary N) is 1. The molecule has 1 aliphatic rings. The van der Waals surface area contributed by atoms with Gasteiger partial charge in [-0.05, 0) is 50.0 Å². The lowest BCUT2D eigenvalue weighted by molar-refractivity contribution is -0.152. The molecule has 0 spiro atoms. The molecular formula is C16H30N2O3. The molecule has 2 atom stereocenters. The Bertz CT molecular complexity index is 363. The zero-order valence-electron chi connectivity index (χ0n) is 13.6. The summed E-state index contributed by atoms with van der Waals surface area (Å²) in [5, 5.41) is 9.24. The minimum absolute atomic E-state index is 0.0200. The van der Waals surface area contributed by atoms with Crippen LogP contribution in [0.1, 0.15) is 59.3 Å². The van der Waals surface area contributed by atoms with Crippen LogP contribution < -0.4 is 5.73 Å². The lowest BCUT2D eigenvalue weighted by Crippen LogP contribution is -2.48. The number of carbonyl (C=O) groups excluding carboxylic acids is 1. The third-order valence-electron chi connectivity index (χ3n) is 4.55. The van der Waals surface area contributed by atoms with E-state index in [1.807, 2.05) is 0 Å². The zero-order valence-corrected chi connectivity index (χ0v) is 13.6. The highest BCUT2D eigenvalue weighted by Gasteiger charge is 2.32. The number of piperidine rings is 1. The molecule has 122 valence electrons. The average molecular weight is 298 g/mol. The Morgan fingerprint density at radius 1 is 1.29 bits per heavy atom. The summed E-state index contributed by atoms with van der Waals surface area (Å²) in [5.41, 5.74) is 5.78. The first-order chi connectivity index (χ1) is 9.77. The Balaban J connectivity index is 2.60. The summed E-state index contributed by atoms with van der Waals surface area (Å²) in [7, 11) is 0. The number of hydrogen-bond acceptors (Lipinski definition) is 3. The fraction of sp³-hybridized carbons (Fsp3) is 0.875. The van der Waals surface area contributed by atoms with Crippen molar-refractivity contribution in [2.24, 2.45) is 17.1 Å². The van der Waals surface area contributed by atoms with Crippen LogP contribution in [0.15, 0.2) is 0 Å². The van der Waals surface area contributed by atoms with Gasteiger partial charge in [-0.2, -0.15) is 0 Å². The van der Waals surface area contributed by atoms with E-state index in [2.05, 4.69) is 20.8 Å². The van der Waals surface area contributed by atoms with Crippen LogP contribution >= 0.6 is 0 Å². The molecule has 0 bridgehead atoms. The van der Waals surface area contributed by atoms with Gasteiger partial charge in [0.1, 0.15) is 6.04 Å². The van der Waals surface area contributed by atoms with Crippen LogP contribution in [0.4, 0.5) is 0 Å². The number of nitrogens with zero attached hydrogens (tertiary/aromatic N) is 1. The number of carbonyl (C=O) groups is 2. The van der Waals surface area contributed by atoms with E-state index in [0.29, 0.717) is 31.8 Å². The minimum Gasteiger partial charge on any atom is -0.480 e. The summed E-state index contributed by atoms with van der Waals surface area (Å²) >= 11 is 0. The van der Waals surface area contributed by atoms with Crippen LogP contribution in [0.25, 0.3) is 0 Å². The predicted octanol–water partition coefficient (Wildman–Crippen LogP) is 2.24. The quantitative estimate of drug-likeness (QED) is 0.787. The van der Waals surface area contributed by atoms with Crippen molar-refractivity contribution >= 4 is 11.9 Å². The second kappa shape index (κ2) is 7.78. The van der Waals surface area contributed by atoms with Crippen LogP contribution in [-0.4, -0.2) is 41.0 Å². The molecule has 1 amide bonds. The second-order valence-corrected chi connectivity index (χ2v) is 7.12. The SMILES string of the molecule is CC(C)(C)C(CCN)CCC(=O)N1CCCC[C@H]1C(=O)O. The van der Waals surface area contributed by atoms with Gasteiger partial charge in [0.2, 0.25) is 5.91 Å². The van der Waals surface area contributed by atoms with Gasteiger partial charge in [0.25, 0.3) is 0 Å². The molecule has 21 heavy (non-hydrogen) atoms. The van der Waals surface area contributed by atoms with E-state index < -0.39 is 12.0 Å². The van der Waals surface area contributed by atoms with Gasteiger partial charge < -0.3 is 15.7 Å². The first kappa shape index (κ1) is 18.0. The number of carboxylic acid groups (broad SMARTS) is 1. The number of aliphatic carboxylic acids is 1. The van der Waals surface area contributed by atoms with E-state index in [4.69, 9.17) is 5.73 Å². The molecule has 1 fully saturated rings. The molecule has 0 radical (unpaired) electrons. The molecule has 0 aromatic carbocycles. The highest BCUT2D eigenvalue weighted by atomic mass is 16.4. The van der Waals surface area contributed by atoms with Gasteiger partial charge in [0.15, 0.2) is 0 Å². The van der Waals surface area contributed by atoms with E-state index in [0.717, 1.165) is 25.7 Å². The van der Waals surface area contributed by atoms with Gasteiger partial charge in [-0.25, -0.2) is 4.79 Å². The first-order valence-electron chi connectivity index (χ1n) is 7.99. The second-order valence-electron chi connectivity index (χ2n) is 7.12. The lowest BCUT2D eigenvalue weighted by atomic mass is 9.76. The summed E-state index contributed by atoms with van der Waals surface area (Å²) in [4.78, 5) is 25.2. The summed E-state index contributed by atoms with van der Waals surface area (Å²) in [6.45, 7) is 7.70. The van der Waals surface area contributed by atoms with Crippen molar-refractivity contribution in [1.29, 1.82) is 0 Å². The maximum absolute atomic E-state index is 12.4. The Morgan fingerprint density at radius 2 is 1.95 bits per heavy atom. The van der Waals surface area contributed by atoms with Gasteiger partial charge in [-0.15, -0.1) is 0 Å². The normalized spacial score (nSPS) is 21.1. The van der Waals surface area contributed by atoms with Crippen molar-refractivity contribution in [3.05, 3.63) is 0 Å². The molecule has 3 N–H and O–H groups in total. The van der Waals surface area contributed by atoms with E-state index in [9.17, 15) is 14.7 Å². The maximum atomic E-state index is 12.4. The van der Waals surface area contributed by atoms with Gasteiger partial charge in [-0.1, -0.05) is 20.8 Å². The van der Waals surface area contributed by atoms with Crippen LogP contribution in [0.3, 0.4) is 0 Å². The Labute approximate surface area is 127 Å². The predicted molar refractivity (Wildman–Crippen MR) is 82.8 cm³/mol. The highest BCUT2D eigenvalue weighted by Crippen LogP contribution is 2.32. The molecule has 1 saturated heterocycles. The van der Waals surface area contributed by atoms with Crippen molar-refractivity contribution in [3.63, 3.8) is 0 Å². The molecule has 1 rings (SSSR count). The number of likely N-dealkylation sites (tertiary alicyclic amines) is 1. The summed E-state index contributed by atoms with van der Waals surface area (Å²) in [6, 6.07) is -0.631. The van der Waals surface area contributed by atoms with Crippen LogP contribution in [-0.2, 0) is 9.59 Å². The van der Waals surface area contributed by atoms with Crippen molar-refractivity contribution in [2.75, 3.05) is 13.1 Å². The summed E-state index contributed by atoms with van der Waals surface area (Å²) in [6.07, 6.45) is 4.47. The lowest BCUT2D eigenvalue weighted by Gasteiger charge is -2.35. The van der Waals surface area contributed by atoms with E-state index in [1.165, 1.54) is 0 Å². The monoisotopic (exact) mass is 298 g/mol. The Hall–Kier alpha value is -1.10. The average Bonchev–Trinajstić information content (AvgIpc) is 2.41. The molecule has 1 unspecified atom stereocenters. The zero-order chi connectivity index (χ0) is 16.0. The van der Waals surface area contributed by atoms with Crippen LogP contribution in [0.5, 0.6) is 0 Å². The minimum atomic E-state index is -0.877. The van der Waals surface area contributed by atoms with Crippen LogP contribution in [0.2, 0.25) is 0 Å². The summed E-state index contributed by atoms with van der Waals surface area (Å²) in [5.74, 6) is -0.509. The first-order valence-corrected chi connectivity index (χ1v) is 7.99. The van der Waals surface area contributed by atoms with Gasteiger partial charge in [-0.3, -0.25) is 4.79 Å². The third-order valence-corrected chi connectivity index (χ3v) is 4.55. The standard InChI is InChI=1S/C16H30N2O3/c1-16(2,3)12(9-10-17)7-8-14(19)18-11-5-4-6-13(18)15(20)21/h12-13H,4-11,17H2,1-3H3,(H,20,21)/t12?,13-/m0/s1. The van der Waals surface area contributed by atoms with Crippen molar-refractivity contribution in [2.45, 2.75) is 65.3 Å². The van der Waals surface area contributed by atoms with Gasteiger partial charge in [0.05, 0.1) is 0 Å².